The molecule has 1 saturated heterocycles. The van der Waals surface area contributed by atoms with Crippen LogP contribution in [0.15, 0.2) is 12.2 Å². The summed E-state index contributed by atoms with van der Waals surface area (Å²) in [7, 11) is -0.947. The van der Waals surface area contributed by atoms with E-state index in [4.69, 9.17) is 4.74 Å². The normalized spacial score (nSPS) is 26.3. The highest BCUT2D eigenvalue weighted by Crippen LogP contribution is 2.37. The Kier molecular flexibility index (Phi) is 3.59. The lowest BCUT2D eigenvalue weighted by Gasteiger charge is -2.18. The van der Waals surface area contributed by atoms with Crippen LogP contribution in [0.5, 0.6) is 0 Å². The van der Waals surface area contributed by atoms with Crippen molar-refractivity contribution in [2.75, 3.05) is 6.61 Å². The van der Waals surface area contributed by atoms with Crippen molar-refractivity contribution in [3.63, 3.8) is 0 Å². The van der Waals surface area contributed by atoms with Crippen LogP contribution in [0.1, 0.15) is 26.2 Å². The lowest BCUT2D eigenvalue weighted by atomic mass is 9.99. The second kappa shape index (κ2) is 4.19. The van der Waals surface area contributed by atoms with Crippen molar-refractivity contribution in [3.8, 4) is 0 Å². The van der Waals surface area contributed by atoms with Gasteiger partial charge in [0.25, 0.3) is 0 Å². The largest absolute Gasteiger partial charge is 0.370 e. The van der Waals surface area contributed by atoms with Crippen LogP contribution in [0, 0.1) is 0 Å². The van der Waals surface area contributed by atoms with Gasteiger partial charge in [-0.15, -0.1) is 6.58 Å². The van der Waals surface area contributed by atoms with Crippen LogP contribution in [0.25, 0.3) is 0 Å². The summed E-state index contributed by atoms with van der Waals surface area (Å²) in [6.07, 6.45) is 3.51. The fraction of sp³-hybridized carbons (Fsp3) is 0.833. The first-order valence-corrected chi connectivity index (χ1v) is 9.38. The molecule has 0 amide bonds. The minimum atomic E-state index is -0.947. The number of hydrogen-bond acceptors (Lipinski definition) is 1. The van der Waals surface area contributed by atoms with Crippen LogP contribution >= 0.6 is 0 Å². The van der Waals surface area contributed by atoms with Crippen LogP contribution < -0.4 is 0 Å². The molecule has 1 heterocycles. The van der Waals surface area contributed by atoms with Gasteiger partial charge >= 0.3 is 0 Å². The van der Waals surface area contributed by atoms with Gasteiger partial charge in [-0.2, -0.15) is 0 Å². The van der Waals surface area contributed by atoms with Gasteiger partial charge in [-0.1, -0.05) is 32.1 Å². The first-order chi connectivity index (χ1) is 6.37. The van der Waals surface area contributed by atoms with Gasteiger partial charge in [-0.05, 0) is 25.3 Å². The third kappa shape index (κ3) is 3.97. The van der Waals surface area contributed by atoms with E-state index in [-0.39, 0.29) is 5.60 Å². The van der Waals surface area contributed by atoms with Gasteiger partial charge in [0.15, 0.2) is 0 Å². The summed E-state index contributed by atoms with van der Waals surface area (Å²) in [5, 5.41) is 0. The quantitative estimate of drug-likeness (QED) is 0.370. The summed E-state index contributed by atoms with van der Waals surface area (Å²) in [5.41, 5.74) is 1.69. The van der Waals surface area contributed by atoms with Gasteiger partial charge in [0.2, 0.25) is 0 Å². The van der Waals surface area contributed by atoms with Crippen LogP contribution in [0.4, 0.5) is 0 Å². The molecular formula is C12H24OSi. The Bertz CT molecular complexity index is 211. The van der Waals surface area contributed by atoms with Crippen LogP contribution in [0.3, 0.4) is 0 Å². The fourth-order valence-corrected chi connectivity index (χ4v) is 3.55. The molecule has 1 nitrogen and oxygen atoms in total. The monoisotopic (exact) mass is 212 g/mol. The molecule has 0 bridgehead atoms. The van der Waals surface area contributed by atoms with Crippen molar-refractivity contribution in [1.29, 1.82) is 0 Å². The predicted octanol–water partition coefficient (Wildman–Crippen LogP) is 3.84. The summed E-state index contributed by atoms with van der Waals surface area (Å²) in [6, 6.07) is 1.27. The van der Waals surface area contributed by atoms with E-state index in [1.54, 1.807) is 0 Å². The number of ether oxygens (including phenoxy) is 1. The van der Waals surface area contributed by atoms with E-state index >= 15 is 0 Å². The van der Waals surface area contributed by atoms with Crippen LogP contribution in [0.2, 0.25) is 25.7 Å². The zero-order valence-corrected chi connectivity index (χ0v) is 11.2. The Hall–Kier alpha value is -0.0831. The molecule has 1 aliphatic heterocycles. The standard InChI is InChI=1S/C12H24OSi/c1-6-12(10-13-12)8-7-11(2)9-14(3,4)5/h2,6-10H2,1,3-5H3. The van der Waals surface area contributed by atoms with Gasteiger partial charge in [0, 0.05) is 8.07 Å². The molecule has 14 heavy (non-hydrogen) atoms. The van der Waals surface area contributed by atoms with Gasteiger partial charge in [-0.3, -0.25) is 0 Å². The maximum Gasteiger partial charge on any atom is 0.0917 e. The van der Waals surface area contributed by atoms with Crippen molar-refractivity contribution >= 4 is 8.07 Å². The molecule has 1 atom stereocenters. The highest BCUT2D eigenvalue weighted by Gasteiger charge is 2.41. The van der Waals surface area contributed by atoms with Gasteiger partial charge in [-0.25, -0.2) is 0 Å². The van der Waals surface area contributed by atoms with Gasteiger partial charge in [0.1, 0.15) is 0 Å². The highest BCUT2D eigenvalue weighted by molar-refractivity contribution is 6.76. The third-order valence-electron chi connectivity index (χ3n) is 2.91. The van der Waals surface area contributed by atoms with Crippen molar-refractivity contribution in [3.05, 3.63) is 12.2 Å². The molecule has 0 radical (unpaired) electrons. The Morgan fingerprint density at radius 2 is 2.00 bits per heavy atom. The zero-order chi connectivity index (χ0) is 10.8. The number of allylic oxidation sites excluding steroid dienone is 1. The number of epoxide rings is 1. The Morgan fingerprint density at radius 1 is 1.43 bits per heavy atom. The van der Waals surface area contributed by atoms with Crippen molar-refractivity contribution < 1.29 is 4.74 Å². The molecule has 0 aromatic heterocycles. The number of rotatable bonds is 6. The van der Waals surface area contributed by atoms with Crippen molar-refractivity contribution in [1.82, 2.24) is 0 Å². The van der Waals surface area contributed by atoms with E-state index in [1.165, 1.54) is 18.0 Å². The van der Waals surface area contributed by atoms with Crippen LogP contribution in [-0.2, 0) is 4.74 Å². The van der Waals surface area contributed by atoms with Crippen molar-refractivity contribution in [2.24, 2.45) is 0 Å². The van der Waals surface area contributed by atoms with E-state index < -0.39 is 8.07 Å². The third-order valence-corrected chi connectivity index (χ3v) is 4.47. The molecule has 1 fully saturated rings. The number of hydrogen-bond donors (Lipinski definition) is 0. The molecule has 1 unspecified atom stereocenters. The second-order valence-electron chi connectivity index (χ2n) is 5.81. The van der Waals surface area contributed by atoms with Gasteiger partial charge < -0.3 is 4.74 Å². The Balaban J connectivity index is 2.22. The van der Waals surface area contributed by atoms with E-state index in [0.29, 0.717) is 0 Å². The summed E-state index contributed by atoms with van der Waals surface area (Å²) >= 11 is 0. The molecule has 0 saturated carbocycles. The Morgan fingerprint density at radius 3 is 2.36 bits per heavy atom. The highest BCUT2D eigenvalue weighted by atomic mass is 28.3. The summed E-state index contributed by atoms with van der Waals surface area (Å²) in [4.78, 5) is 0. The van der Waals surface area contributed by atoms with E-state index in [2.05, 4.69) is 33.1 Å². The minimum Gasteiger partial charge on any atom is -0.370 e. The zero-order valence-electron chi connectivity index (χ0n) is 10.2. The maximum absolute atomic E-state index is 5.50. The molecule has 0 aromatic carbocycles. The predicted molar refractivity (Wildman–Crippen MR) is 65.5 cm³/mol. The molecule has 0 aliphatic carbocycles. The molecule has 1 rings (SSSR count). The van der Waals surface area contributed by atoms with Crippen molar-refractivity contribution in [2.45, 2.75) is 57.5 Å². The van der Waals surface area contributed by atoms with Gasteiger partial charge in [0.05, 0.1) is 12.2 Å². The Labute approximate surface area is 89.6 Å². The molecule has 0 spiro atoms. The van der Waals surface area contributed by atoms with E-state index in [9.17, 15) is 0 Å². The van der Waals surface area contributed by atoms with E-state index in [1.807, 2.05) is 0 Å². The molecular weight excluding hydrogens is 188 g/mol. The molecule has 1 aliphatic rings. The lowest BCUT2D eigenvalue weighted by molar-refractivity contribution is 0.281. The summed E-state index contributed by atoms with van der Waals surface area (Å²) in [6.45, 7) is 14.6. The van der Waals surface area contributed by atoms with Crippen LogP contribution in [-0.4, -0.2) is 20.3 Å². The average Bonchev–Trinajstić information content (AvgIpc) is 2.78. The maximum atomic E-state index is 5.50. The fourth-order valence-electron chi connectivity index (χ4n) is 1.87. The SMILES string of the molecule is C=C(CCC1(CC)CO1)C[Si](C)(C)C. The summed E-state index contributed by atoms with van der Waals surface area (Å²) < 4.78 is 5.50. The smallest absolute Gasteiger partial charge is 0.0917 e. The minimum absolute atomic E-state index is 0.252. The topological polar surface area (TPSA) is 12.5 Å². The molecule has 0 aromatic rings. The first kappa shape index (κ1) is 12.0. The van der Waals surface area contributed by atoms with E-state index in [0.717, 1.165) is 19.4 Å². The molecule has 2 heteroatoms. The second-order valence-corrected chi connectivity index (χ2v) is 11.3. The first-order valence-electron chi connectivity index (χ1n) is 5.67. The lowest BCUT2D eigenvalue weighted by Crippen LogP contribution is -2.20. The summed E-state index contributed by atoms with van der Waals surface area (Å²) in [5.74, 6) is 0. The molecule has 82 valence electrons. The average molecular weight is 212 g/mol. The molecule has 0 N–H and O–H groups in total.